The van der Waals surface area contributed by atoms with Crippen LogP contribution in [0, 0.1) is 11.8 Å². The van der Waals surface area contributed by atoms with Gasteiger partial charge in [0.05, 0.1) is 0 Å². The van der Waals surface area contributed by atoms with E-state index in [4.69, 9.17) is 14.2 Å². The first-order valence-corrected chi connectivity index (χ1v) is 21.7. The minimum absolute atomic E-state index is 0.0660. The van der Waals surface area contributed by atoms with Crippen molar-refractivity contribution in [2.45, 2.75) is 240 Å². The van der Waals surface area contributed by atoms with Crippen LogP contribution in [-0.2, 0) is 28.6 Å². The molecular weight excluding hydrogens is 624 g/mol. The third-order valence-electron chi connectivity index (χ3n) is 9.72. The van der Waals surface area contributed by atoms with Gasteiger partial charge >= 0.3 is 17.9 Å². The zero-order valence-electron chi connectivity index (χ0n) is 34.0. The average molecular weight is 709 g/mol. The maximum atomic E-state index is 12.6. The van der Waals surface area contributed by atoms with Crippen molar-refractivity contribution in [3.05, 3.63) is 0 Å². The van der Waals surface area contributed by atoms with Gasteiger partial charge in [-0.25, -0.2) is 0 Å². The zero-order valence-corrected chi connectivity index (χ0v) is 34.0. The zero-order chi connectivity index (χ0) is 36.9. The summed E-state index contributed by atoms with van der Waals surface area (Å²) >= 11 is 0. The fraction of sp³-hybridized carbons (Fsp3) is 0.932. The molecule has 0 saturated heterocycles. The molecule has 0 heterocycles. The first-order chi connectivity index (χ1) is 24.2. The molecule has 0 saturated carbocycles. The van der Waals surface area contributed by atoms with Gasteiger partial charge in [-0.2, -0.15) is 0 Å². The number of carbonyl (C=O) groups is 3. The van der Waals surface area contributed by atoms with Crippen LogP contribution >= 0.6 is 0 Å². The van der Waals surface area contributed by atoms with E-state index < -0.39 is 6.10 Å². The largest absolute Gasteiger partial charge is 0.462 e. The van der Waals surface area contributed by atoms with Gasteiger partial charge in [-0.3, -0.25) is 14.4 Å². The van der Waals surface area contributed by atoms with Gasteiger partial charge in [0.2, 0.25) is 0 Å². The highest BCUT2D eigenvalue weighted by molar-refractivity contribution is 5.71. The van der Waals surface area contributed by atoms with Gasteiger partial charge in [-0.05, 0) is 31.1 Å². The third-order valence-corrected chi connectivity index (χ3v) is 9.72. The lowest BCUT2D eigenvalue weighted by atomic mass is 10.0. The van der Waals surface area contributed by atoms with Crippen LogP contribution in [0.15, 0.2) is 0 Å². The van der Waals surface area contributed by atoms with Crippen molar-refractivity contribution in [1.29, 1.82) is 0 Å². The molecule has 0 N–H and O–H groups in total. The van der Waals surface area contributed by atoms with Gasteiger partial charge in [0.15, 0.2) is 6.10 Å². The van der Waals surface area contributed by atoms with Crippen molar-refractivity contribution in [2.24, 2.45) is 11.8 Å². The molecule has 0 bridgehead atoms. The van der Waals surface area contributed by atoms with Gasteiger partial charge < -0.3 is 14.2 Å². The highest BCUT2D eigenvalue weighted by Gasteiger charge is 2.19. The van der Waals surface area contributed by atoms with E-state index in [1.165, 1.54) is 122 Å². The average Bonchev–Trinajstić information content (AvgIpc) is 3.08. The van der Waals surface area contributed by atoms with Crippen LogP contribution in [-0.4, -0.2) is 37.2 Å². The molecule has 0 aromatic carbocycles. The molecule has 0 radical (unpaired) electrons. The summed E-state index contributed by atoms with van der Waals surface area (Å²) < 4.78 is 16.7. The third kappa shape index (κ3) is 37.7. The lowest BCUT2D eigenvalue weighted by molar-refractivity contribution is -0.167. The van der Waals surface area contributed by atoms with Crippen molar-refractivity contribution in [2.75, 3.05) is 13.2 Å². The van der Waals surface area contributed by atoms with E-state index in [1.54, 1.807) is 0 Å². The maximum Gasteiger partial charge on any atom is 0.306 e. The molecule has 6 heteroatoms. The van der Waals surface area contributed by atoms with E-state index >= 15 is 0 Å². The van der Waals surface area contributed by atoms with E-state index in [0.29, 0.717) is 19.3 Å². The van der Waals surface area contributed by atoms with Crippen LogP contribution in [0.1, 0.15) is 234 Å². The predicted molar refractivity (Wildman–Crippen MR) is 210 cm³/mol. The molecule has 0 rings (SSSR count). The predicted octanol–water partition coefficient (Wildman–Crippen LogP) is 13.4. The Hall–Kier alpha value is -1.59. The molecule has 6 nitrogen and oxygen atoms in total. The first kappa shape index (κ1) is 48.4. The van der Waals surface area contributed by atoms with Crippen LogP contribution in [0.25, 0.3) is 0 Å². The number of rotatable bonds is 38. The number of carbonyl (C=O) groups excluding carboxylic acids is 3. The number of ether oxygens (including phenoxy) is 3. The SMILES string of the molecule is CCCCCCCCCCCCC(=O)O[C@@H](COC(=O)CCCCCCCCCCCC(C)C)COC(=O)CCCCCCCCCC(C)C. The van der Waals surface area contributed by atoms with E-state index in [0.717, 1.165) is 69.6 Å². The molecule has 50 heavy (non-hydrogen) atoms. The summed E-state index contributed by atoms with van der Waals surface area (Å²) in [6.45, 7) is 11.2. The molecule has 0 amide bonds. The van der Waals surface area contributed by atoms with E-state index in [-0.39, 0.29) is 31.1 Å². The Morgan fingerprint density at radius 2 is 0.660 bits per heavy atom. The van der Waals surface area contributed by atoms with Gasteiger partial charge in [-0.1, -0.05) is 195 Å². The minimum atomic E-state index is -0.759. The summed E-state index contributed by atoms with van der Waals surface area (Å²) in [6, 6.07) is 0. The number of hydrogen-bond donors (Lipinski definition) is 0. The van der Waals surface area contributed by atoms with Crippen LogP contribution in [0.4, 0.5) is 0 Å². The normalized spacial score (nSPS) is 12.1. The lowest BCUT2D eigenvalue weighted by Gasteiger charge is -2.18. The molecule has 0 aromatic heterocycles. The molecule has 0 aliphatic rings. The molecule has 1 atom stereocenters. The Labute approximate surface area is 310 Å². The second-order valence-electron chi connectivity index (χ2n) is 15.9. The number of esters is 3. The molecule has 0 unspecified atom stereocenters. The molecule has 296 valence electrons. The van der Waals surface area contributed by atoms with Crippen LogP contribution in [0.2, 0.25) is 0 Å². The Kier molecular flexibility index (Phi) is 36.0. The van der Waals surface area contributed by atoms with Crippen molar-refractivity contribution >= 4 is 17.9 Å². The molecular formula is C44H84O6. The number of unbranched alkanes of at least 4 members (excludes halogenated alkanes) is 23. The molecule has 0 aliphatic carbocycles. The standard InChI is InChI=1S/C44H84O6/c1-6-7-8-9-10-11-14-20-26-31-36-44(47)50-41(38-49-43(46)35-30-25-21-16-18-23-28-33-40(4)5)37-48-42(45)34-29-24-19-15-12-13-17-22-27-32-39(2)3/h39-41H,6-38H2,1-5H3/t41-/m0/s1. The van der Waals surface area contributed by atoms with Crippen molar-refractivity contribution in [3.8, 4) is 0 Å². The summed E-state index contributed by atoms with van der Waals surface area (Å²) in [5.41, 5.74) is 0. The molecule has 0 spiro atoms. The van der Waals surface area contributed by atoms with Crippen molar-refractivity contribution < 1.29 is 28.6 Å². The van der Waals surface area contributed by atoms with Gasteiger partial charge in [0.25, 0.3) is 0 Å². The Balaban J connectivity index is 4.34. The smallest absolute Gasteiger partial charge is 0.306 e. The second kappa shape index (κ2) is 37.2. The fourth-order valence-corrected chi connectivity index (χ4v) is 6.40. The summed E-state index contributed by atoms with van der Waals surface area (Å²) in [5.74, 6) is 0.725. The number of hydrogen-bond acceptors (Lipinski definition) is 6. The lowest BCUT2D eigenvalue weighted by Crippen LogP contribution is -2.30. The fourth-order valence-electron chi connectivity index (χ4n) is 6.40. The topological polar surface area (TPSA) is 78.9 Å². The van der Waals surface area contributed by atoms with Crippen LogP contribution in [0.3, 0.4) is 0 Å². The highest BCUT2D eigenvalue weighted by Crippen LogP contribution is 2.16. The Bertz CT molecular complexity index is 764. The monoisotopic (exact) mass is 709 g/mol. The van der Waals surface area contributed by atoms with Crippen LogP contribution in [0.5, 0.6) is 0 Å². The Morgan fingerprint density at radius 1 is 0.380 bits per heavy atom. The maximum absolute atomic E-state index is 12.6. The van der Waals surface area contributed by atoms with Gasteiger partial charge in [0, 0.05) is 19.3 Å². The van der Waals surface area contributed by atoms with E-state index in [2.05, 4.69) is 34.6 Å². The molecule has 0 aromatic rings. The summed E-state index contributed by atoms with van der Waals surface area (Å²) in [4.78, 5) is 37.6. The molecule has 0 fully saturated rings. The summed E-state index contributed by atoms with van der Waals surface area (Å²) in [7, 11) is 0. The van der Waals surface area contributed by atoms with Crippen molar-refractivity contribution in [1.82, 2.24) is 0 Å². The van der Waals surface area contributed by atoms with Gasteiger partial charge in [-0.15, -0.1) is 0 Å². The van der Waals surface area contributed by atoms with E-state index in [9.17, 15) is 14.4 Å². The molecule has 0 aliphatic heterocycles. The second-order valence-corrected chi connectivity index (χ2v) is 15.9. The summed E-state index contributed by atoms with van der Waals surface area (Å²) in [6.07, 6.45) is 33.8. The van der Waals surface area contributed by atoms with Crippen LogP contribution < -0.4 is 0 Å². The van der Waals surface area contributed by atoms with Gasteiger partial charge in [0.1, 0.15) is 13.2 Å². The summed E-state index contributed by atoms with van der Waals surface area (Å²) in [5, 5.41) is 0. The quantitative estimate of drug-likeness (QED) is 0.0361. The minimum Gasteiger partial charge on any atom is -0.462 e. The Morgan fingerprint density at radius 3 is 0.980 bits per heavy atom. The highest BCUT2D eigenvalue weighted by atomic mass is 16.6. The first-order valence-electron chi connectivity index (χ1n) is 21.7. The van der Waals surface area contributed by atoms with E-state index in [1.807, 2.05) is 0 Å². The van der Waals surface area contributed by atoms with Crippen molar-refractivity contribution in [3.63, 3.8) is 0 Å².